The molecule has 1 aliphatic rings. The van der Waals surface area contributed by atoms with E-state index in [9.17, 15) is 9.59 Å². The van der Waals surface area contributed by atoms with Gasteiger partial charge in [-0.15, -0.1) is 0 Å². The lowest BCUT2D eigenvalue weighted by Crippen LogP contribution is -2.54. The van der Waals surface area contributed by atoms with Gasteiger partial charge in [-0.05, 0) is 29.9 Å². The van der Waals surface area contributed by atoms with Gasteiger partial charge in [-0.25, -0.2) is 9.97 Å². The molecule has 1 fully saturated rings. The Morgan fingerprint density at radius 3 is 2.24 bits per heavy atom. The average Bonchev–Trinajstić information content (AvgIpc) is 2.94. The number of carbonyl (C=O) groups excluding carboxylic acids is 2. The van der Waals surface area contributed by atoms with Crippen molar-refractivity contribution in [1.29, 1.82) is 0 Å². The van der Waals surface area contributed by atoms with Crippen LogP contribution in [0.15, 0.2) is 71.9 Å². The number of anilines is 1. The average molecular weight is 594 g/mol. The number of nitrogens with zero attached hydrogens (tertiary/aromatic N) is 4. The highest BCUT2D eigenvalue weighted by atomic mass is 35.5. The van der Waals surface area contributed by atoms with Gasteiger partial charge in [0.1, 0.15) is 11.0 Å². The largest absolute Gasteiger partial charge is 0.355 e. The zero-order valence-corrected chi connectivity index (χ0v) is 25.9. The van der Waals surface area contributed by atoms with E-state index in [0.717, 1.165) is 12.2 Å². The standard InChI is InChI=1S/C32H40ClN5O2S/c1-23-21-37(17-18-38(23)30(40)20-32(2,3)4)28-19-27(33)35-31(36-28)41-22-29(39)34-16-15-26(24-11-7-5-8-12-24)25-13-9-6-10-14-25/h5-14,19,23,26H,15-18,20-22H2,1-4H3,(H,34,39). The molecular formula is C32H40ClN5O2S. The second-order valence-electron chi connectivity index (χ2n) is 11.8. The smallest absolute Gasteiger partial charge is 0.230 e. The van der Waals surface area contributed by atoms with Crippen LogP contribution in [0.5, 0.6) is 0 Å². The van der Waals surface area contributed by atoms with Gasteiger partial charge in [-0.2, -0.15) is 0 Å². The maximum Gasteiger partial charge on any atom is 0.230 e. The van der Waals surface area contributed by atoms with Crippen molar-refractivity contribution in [2.45, 2.75) is 57.7 Å². The lowest BCUT2D eigenvalue weighted by molar-refractivity contribution is -0.135. The van der Waals surface area contributed by atoms with Gasteiger partial charge in [0, 0.05) is 50.6 Å². The van der Waals surface area contributed by atoms with Crippen LogP contribution in [0.25, 0.3) is 0 Å². The number of nitrogens with one attached hydrogen (secondary N) is 1. The minimum absolute atomic E-state index is 0.0436. The zero-order valence-electron chi connectivity index (χ0n) is 24.3. The first-order valence-corrected chi connectivity index (χ1v) is 15.5. The third-order valence-corrected chi connectivity index (χ3v) is 8.15. The Morgan fingerprint density at radius 2 is 1.66 bits per heavy atom. The summed E-state index contributed by atoms with van der Waals surface area (Å²) in [7, 11) is 0. The summed E-state index contributed by atoms with van der Waals surface area (Å²) in [5.41, 5.74) is 2.42. The molecule has 0 aliphatic carbocycles. The Hall–Kier alpha value is -3.10. The molecule has 1 N–H and O–H groups in total. The molecule has 2 amide bonds. The number of benzene rings is 2. The number of carbonyl (C=O) groups is 2. The van der Waals surface area contributed by atoms with E-state index in [-0.39, 0.29) is 34.9 Å². The molecule has 2 heterocycles. The van der Waals surface area contributed by atoms with Crippen LogP contribution in [0.1, 0.15) is 57.6 Å². The van der Waals surface area contributed by atoms with Gasteiger partial charge in [-0.1, -0.05) is 105 Å². The van der Waals surface area contributed by atoms with Gasteiger partial charge in [0.2, 0.25) is 11.8 Å². The summed E-state index contributed by atoms with van der Waals surface area (Å²) >= 11 is 7.63. The quantitative estimate of drug-likeness (QED) is 0.176. The molecule has 0 bridgehead atoms. The molecule has 0 spiro atoms. The monoisotopic (exact) mass is 593 g/mol. The molecule has 3 aromatic rings. The normalized spacial score (nSPS) is 15.7. The molecule has 1 atom stereocenters. The Bertz CT molecular complexity index is 1260. The number of rotatable bonds is 10. The first kappa shape index (κ1) is 30.8. The van der Waals surface area contributed by atoms with Crippen LogP contribution >= 0.6 is 23.4 Å². The summed E-state index contributed by atoms with van der Waals surface area (Å²) < 4.78 is 0. The number of piperazine rings is 1. The Morgan fingerprint density at radius 1 is 1.02 bits per heavy atom. The van der Waals surface area contributed by atoms with Crippen molar-refractivity contribution < 1.29 is 9.59 Å². The highest BCUT2D eigenvalue weighted by molar-refractivity contribution is 7.99. The van der Waals surface area contributed by atoms with Crippen molar-refractivity contribution in [3.05, 3.63) is 83.0 Å². The fourth-order valence-corrected chi connectivity index (χ4v) is 6.05. The van der Waals surface area contributed by atoms with Crippen LogP contribution in [0, 0.1) is 5.41 Å². The van der Waals surface area contributed by atoms with E-state index in [1.54, 1.807) is 6.07 Å². The van der Waals surface area contributed by atoms with Crippen LogP contribution in [0.3, 0.4) is 0 Å². The minimum Gasteiger partial charge on any atom is -0.355 e. The molecule has 7 nitrogen and oxygen atoms in total. The molecule has 4 rings (SSSR count). The third kappa shape index (κ3) is 9.20. The summed E-state index contributed by atoms with van der Waals surface area (Å²) in [6.07, 6.45) is 1.32. The number of hydrogen-bond donors (Lipinski definition) is 1. The van der Waals surface area contributed by atoms with Crippen molar-refractivity contribution in [3.63, 3.8) is 0 Å². The van der Waals surface area contributed by atoms with E-state index in [2.05, 4.69) is 67.2 Å². The second kappa shape index (κ2) is 14.2. The van der Waals surface area contributed by atoms with E-state index in [0.29, 0.717) is 42.9 Å². The van der Waals surface area contributed by atoms with Crippen molar-refractivity contribution >= 4 is 41.0 Å². The fourth-order valence-electron chi connectivity index (χ4n) is 5.14. The summed E-state index contributed by atoms with van der Waals surface area (Å²) in [5, 5.41) is 3.86. The Labute approximate surface area is 253 Å². The Balaban J connectivity index is 1.30. The minimum atomic E-state index is -0.0698. The summed E-state index contributed by atoms with van der Waals surface area (Å²) in [5.74, 6) is 1.24. The summed E-state index contributed by atoms with van der Waals surface area (Å²) in [4.78, 5) is 38.6. The van der Waals surface area contributed by atoms with Crippen LogP contribution in [-0.4, -0.2) is 64.7 Å². The second-order valence-corrected chi connectivity index (χ2v) is 13.1. The fraction of sp³-hybridized carbons (Fsp3) is 0.438. The number of halogens is 1. The topological polar surface area (TPSA) is 78.4 Å². The first-order chi connectivity index (χ1) is 19.6. The van der Waals surface area contributed by atoms with Crippen molar-refractivity contribution in [1.82, 2.24) is 20.2 Å². The molecule has 41 heavy (non-hydrogen) atoms. The molecule has 218 valence electrons. The van der Waals surface area contributed by atoms with Gasteiger partial charge < -0.3 is 15.1 Å². The van der Waals surface area contributed by atoms with Crippen molar-refractivity contribution in [2.24, 2.45) is 5.41 Å². The number of aromatic nitrogens is 2. The van der Waals surface area contributed by atoms with E-state index >= 15 is 0 Å². The van der Waals surface area contributed by atoms with Crippen LogP contribution < -0.4 is 10.2 Å². The summed E-state index contributed by atoms with van der Waals surface area (Å²) in [6.45, 7) is 10.8. The van der Waals surface area contributed by atoms with Gasteiger partial charge in [0.25, 0.3) is 0 Å². The van der Waals surface area contributed by atoms with E-state index in [4.69, 9.17) is 16.6 Å². The van der Waals surface area contributed by atoms with Crippen LogP contribution in [0.2, 0.25) is 5.15 Å². The highest BCUT2D eigenvalue weighted by Gasteiger charge is 2.30. The molecule has 0 radical (unpaired) electrons. The molecule has 9 heteroatoms. The van der Waals surface area contributed by atoms with E-state index in [1.165, 1.54) is 22.9 Å². The highest BCUT2D eigenvalue weighted by Crippen LogP contribution is 2.28. The molecule has 1 saturated heterocycles. The molecule has 1 aromatic heterocycles. The molecular weight excluding hydrogens is 554 g/mol. The Kier molecular flexibility index (Phi) is 10.7. The van der Waals surface area contributed by atoms with Crippen LogP contribution in [-0.2, 0) is 9.59 Å². The predicted molar refractivity (Wildman–Crippen MR) is 168 cm³/mol. The van der Waals surface area contributed by atoms with Gasteiger partial charge in [0.05, 0.1) is 5.75 Å². The zero-order chi connectivity index (χ0) is 29.4. The van der Waals surface area contributed by atoms with Crippen molar-refractivity contribution in [2.75, 3.05) is 36.8 Å². The maximum atomic E-state index is 12.8. The predicted octanol–water partition coefficient (Wildman–Crippen LogP) is 6.03. The summed E-state index contributed by atoms with van der Waals surface area (Å²) in [6, 6.07) is 22.6. The number of thioether (sulfide) groups is 1. The van der Waals surface area contributed by atoms with Gasteiger partial charge in [-0.3, -0.25) is 9.59 Å². The molecule has 1 aliphatic heterocycles. The first-order valence-electron chi connectivity index (χ1n) is 14.2. The third-order valence-electron chi connectivity index (χ3n) is 7.11. The lowest BCUT2D eigenvalue weighted by Gasteiger charge is -2.41. The van der Waals surface area contributed by atoms with Crippen molar-refractivity contribution in [3.8, 4) is 0 Å². The van der Waals surface area contributed by atoms with Gasteiger partial charge >= 0.3 is 0 Å². The number of amides is 2. The van der Waals surface area contributed by atoms with E-state index < -0.39 is 0 Å². The molecule has 2 aromatic carbocycles. The SMILES string of the molecule is CC1CN(c2cc(Cl)nc(SCC(=O)NCCC(c3ccccc3)c3ccccc3)n2)CCN1C(=O)CC(C)(C)C. The lowest BCUT2D eigenvalue weighted by atomic mass is 9.88. The maximum absolute atomic E-state index is 12.8. The molecule has 1 unspecified atom stereocenters. The van der Waals surface area contributed by atoms with Crippen LogP contribution in [0.4, 0.5) is 5.82 Å². The molecule has 0 saturated carbocycles. The van der Waals surface area contributed by atoms with E-state index in [1.807, 2.05) is 41.3 Å². The number of hydrogen-bond acceptors (Lipinski definition) is 6. The van der Waals surface area contributed by atoms with Gasteiger partial charge in [0.15, 0.2) is 5.16 Å².